The normalized spacial score (nSPS) is 26.0. The summed E-state index contributed by atoms with van der Waals surface area (Å²) in [6, 6.07) is 20.3. The minimum Gasteiger partial charge on any atom is -0.393 e. The van der Waals surface area contributed by atoms with Gasteiger partial charge in [0.25, 0.3) is 0 Å². The Labute approximate surface area is 125 Å². The summed E-state index contributed by atoms with van der Waals surface area (Å²) in [7, 11) is 0. The summed E-state index contributed by atoms with van der Waals surface area (Å²) < 4.78 is 6.12. The summed E-state index contributed by atoms with van der Waals surface area (Å²) in [5, 5.41) is 10.1. The van der Waals surface area contributed by atoms with Crippen LogP contribution >= 0.6 is 0 Å². The molecule has 0 radical (unpaired) electrons. The van der Waals surface area contributed by atoms with E-state index in [1.54, 1.807) is 0 Å². The Bertz CT molecular complexity index is 577. The van der Waals surface area contributed by atoms with E-state index in [-0.39, 0.29) is 18.3 Å². The molecule has 0 bridgehead atoms. The maximum absolute atomic E-state index is 10.1. The number of rotatable bonds is 3. The summed E-state index contributed by atoms with van der Waals surface area (Å²) >= 11 is 0. The number of hydrogen-bond donors (Lipinski definition) is 1. The van der Waals surface area contributed by atoms with Crippen LogP contribution in [0.1, 0.15) is 30.1 Å². The average molecular weight is 280 g/mol. The minimum atomic E-state index is -0.311. The Morgan fingerprint density at radius 2 is 1.57 bits per heavy atom. The maximum Gasteiger partial charge on any atom is 0.0857 e. The molecule has 2 heteroatoms. The molecule has 3 unspecified atom stereocenters. The van der Waals surface area contributed by atoms with Crippen LogP contribution in [0.4, 0.5) is 0 Å². The molecule has 108 valence electrons. The number of hydrogen-bond acceptors (Lipinski definition) is 2. The van der Waals surface area contributed by atoms with Gasteiger partial charge in [0.05, 0.1) is 18.3 Å². The molecule has 2 aromatic carbocycles. The van der Waals surface area contributed by atoms with Crippen LogP contribution < -0.4 is 0 Å². The van der Waals surface area contributed by atoms with Crippen molar-refractivity contribution in [3.8, 4) is 0 Å². The molecule has 1 aliphatic heterocycles. The van der Waals surface area contributed by atoms with E-state index >= 15 is 0 Å². The third kappa shape index (κ3) is 3.81. The third-order valence-electron chi connectivity index (χ3n) is 3.80. The molecule has 0 saturated carbocycles. The number of aliphatic hydroxyl groups excluding tert-OH is 1. The summed E-state index contributed by atoms with van der Waals surface area (Å²) in [6.45, 7) is 0. The van der Waals surface area contributed by atoms with Gasteiger partial charge in [-0.2, -0.15) is 0 Å². The van der Waals surface area contributed by atoms with Gasteiger partial charge in [-0.15, -0.1) is 0 Å². The zero-order valence-electron chi connectivity index (χ0n) is 11.9. The molecule has 0 spiro atoms. The molecule has 1 saturated heterocycles. The van der Waals surface area contributed by atoms with Crippen molar-refractivity contribution in [1.29, 1.82) is 0 Å². The SMILES string of the molecule is OC1CC(C=Cc2ccccc2)OC(c2ccccc2)C1. The van der Waals surface area contributed by atoms with E-state index in [1.807, 2.05) is 42.5 Å². The highest BCUT2D eigenvalue weighted by atomic mass is 16.5. The standard InChI is InChI=1S/C19H20O2/c20-17-13-18(12-11-15-7-3-1-4-8-15)21-19(14-17)16-9-5-2-6-10-16/h1-12,17-20H,13-14H2. The zero-order valence-corrected chi connectivity index (χ0v) is 11.9. The second-order valence-electron chi connectivity index (χ2n) is 5.47. The van der Waals surface area contributed by atoms with Crippen LogP contribution in [0.15, 0.2) is 66.7 Å². The Morgan fingerprint density at radius 3 is 2.29 bits per heavy atom. The molecule has 1 aliphatic rings. The first kappa shape index (κ1) is 14.1. The lowest BCUT2D eigenvalue weighted by Gasteiger charge is -2.32. The summed E-state index contributed by atoms with van der Waals surface area (Å²) in [5.41, 5.74) is 2.28. The van der Waals surface area contributed by atoms with Crippen LogP contribution in [0.25, 0.3) is 6.08 Å². The number of benzene rings is 2. The smallest absolute Gasteiger partial charge is 0.0857 e. The zero-order chi connectivity index (χ0) is 14.5. The highest BCUT2D eigenvalue weighted by molar-refractivity contribution is 5.49. The van der Waals surface area contributed by atoms with Crippen molar-refractivity contribution < 1.29 is 9.84 Å². The van der Waals surface area contributed by atoms with E-state index in [9.17, 15) is 5.11 Å². The predicted octanol–water partition coefficient (Wildman–Crippen LogP) is 3.98. The third-order valence-corrected chi connectivity index (χ3v) is 3.80. The second kappa shape index (κ2) is 6.70. The lowest BCUT2D eigenvalue weighted by Crippen LogP contribution is -2.30. The molecular formula is C19H20O2. The van der Waals surface area contributed by atoms with E-state index in [0.29, 0.717) is 12.8 Å². The average Bonchev–Trinajstić information content (AvgIpc) is 2.54. The Morgan fingerprint density at radius 1 is 0.905 bits per heavy atom. The quantitative estimate of drug-likeness (QED) is 0.921. The lowest BCUT2D eigenvalue weighted by molar-refractivity contribution is -0.0774. The van der Waals surface area contributed by atoms with Crippen molar-refractivity contribution in [1.82, 2.24) is 0 Å². The Kier molecular flexibility index (Phi) is 4.49. The van der Waals surface area contributed by atoms with Crippen LogP contribution in [-0.2, 0) is 4.74 Å². The molecule has 0 aliphatic carbocycles. The minimum absolute atomic E-state index is 0.0274. The fourth-order valence-electron chi connectivity index (χ4n) is 2.72. The Balaban J connectivity index is 1.70. The number of ether oxygens (including phenoxy) is 1. The van der Waals surface area contributed by atoms with Gasteiger partial charge in [0, 0.05) is 12.8 Å². The highest BCUT2D eigenvalue weighted by Crippen LogP contribution is 2.32. The molecular weight excluding hydrogens is 260 g/mol. The van der Waals surface area contributed by atoms with Gasteiger partial charge < -0.3 is 9.84 Å². The molecule has 0 amide bonds. The van der Waals surface area contributed by atoms with Crippen LogP contribution in [0.3, 0.4) is 0 Å². The van der Waals surface area contributed by atoms with Crippen LogP contribution in [0.5, 0.6) is 0 Å². The second-order valence-corrected chi connectivity index (χ2v) is 5.47. The van der Waals surface area contributed by atoms with Gasteiger partial charge in [0.1, 0.15) is 0 Å². The number of aliphatic hydroxyl groups is 1. The molecule has 1 N–H and O–H groups in total. The van der Waals surface area contributed by atoms with Gasteiger partial charge >= 0.3 is 0 Å². The van der Waals surface area contributed by atoms with Gasteiger partial charge in [0.15, 0.2) is 0 Å². The van der Waals surface area contributed by atoms with Gasteiger partial charge in [-0.3, -0.25) is 0 Å². The summed E-state index contributed by atoms with van der Waals surface area (Å²) in [5.74, 6) is 0. The van der Waals surface area contributed by atoms with Crippen LogP contribution in [0.2, 0.25) is 0 Å². The van der Waals surface area contributed by atoms with E-state index < -0.39 is 0 Å². The lowest BCUT2D eigenvalue weighted by atomic mass is 9.95. The van der Waals surface area contributed by atoms with Crippen molar-refractivity contribution in [3.63, 3.8) is 0 Å². The largest absolute Gasteiger partial charge is 0.393 e. The van der Waals surface area contributed by atoms with Crippen LogP contribution in [0, 0.1) is 0 Å². The van der Waals surface area contributed by atoms with E-state index in [2.05, 4.69) is 30.3 Å². The van der Waals surface area contributed by atoms with Gasteiger partial charge in [-0.05, 0) is 11.1 Å². The van der Waals surface area contributed by atoms with E-state index in [1.165, 1.54) is 0 Å². The molecule has 3 atom stereocenters. The van der Waals surface area contributed by atoms with Crippen molar-refractivity contribution in [2.75, 3.05) is 0 Å². The molecule has 2 nitrogen and oxygen atoms in total. The molecule has 21 heavy (non-hydrogen) atoms. The monoisotopic (exact) mass is 280 g/mol. The topological polar surface area (TPSA) is 29.5 Å². The maximum atomic E-state index is 10.1. The fraction of sp³-hybridized carbons (Fsp3) is 0.263. The molecule has 0 aromatic heterocycles. The van der Waals surface area contributed by atoms with E-state index in [0.717, 1.165) is 11.1 Å². The van der Waals surface area contributed by atoms with Crippen molar-refractivity contribution in [3.05, 3.63) is 77.9 Å². The molecule has 3 rings (SSSR count). The molecule has 2 aromatic rings. The van der Waals surface area contributed by atoms with Crippen LogP contribution in [-0.4, -0.2) is 17.3 Å². The van der Waals surface area contributed by atoms with E-state index in [4.69, 9.17) is 4.74 Å². The highest BCUT2D eigenvalue weighted by Gasteiger charge is 2.27. The molecule has 1 fully saturated rings. The first-order valence-electron chi connectivity index (χ1n) is 7.43. The van der Waals surface area contributed by atoms with Crippen molar-refractivity contribution in [2.24, 2.45) is 0 Å². The molecule has 1 heterocycles. The van der Waals surface area contributed by atoms with Crippen molar-refractivity contribution in [2.45, 2.75) is 31.2 Å². The van der Waals surface area contributed by atoms with Crippen molar-refractivity contribution >= 4 is 6.08 Å². The first-order chi connectivity index (χ1) is 10.3. The Hall–Kier alpha value is -1.90. The van der Waals surface area contributed by atoms with Gasteiger partial charge in [-0.25, -0.2) is 0 Å². The fourth-order valence-corrected chi connectivity index (χ4v) is 2.72. The van der Waals surface area contributed by atoms with Gasteiger partial charge in [0.2, 0.25) is 0 Å². The first-order valence-corrected chi connectivity index (χ1v) is 7.43. The summed E-state index contributed by atoms with van der Waals surface area (Å²) in [4.78, 5) is 0. The summed E-state index contributed by atoms with van der Waals surface area (Å²) in [6.07, 6.45) is 5.05. The predicted molar refractivity (Wildman–Crippen MR) is 84.8 cm³/mol. The van der Waals surface area contributed by atoms with Gasteiger partial charge in [-0.1, -0.05) is 72.8 Å².